The van der Waals surface area contributed by atoms with Gasteiger partial charge in [0, 0.05) is 28.8 Å². The lowest BCUT2D eigenvalue weighted by Crippen LogP contribution is -2.46. The van der Waals surface area contributed by atoms with Crippen LogP contribution in [0, 0.1) is 0 Å². The van der Waals surface area contributed by atoms with Gasteiger partial charge in [0.1, 0.15) is 5.75 Å². The fraction of sp³-hybridized carbons (Fsp3) is 0.609. The number of nitrogens with zero attached hydrogens (tertiary/aromatic N) is 1. The molecule has 2 fully saturated rings. The minimum atomic E-state index is 0.118. The Hall–Kier alpha value is -1.39. The summed E-state index contributed by atoms with van der Waals surface area (Å²) in [5.41, 5.74) is 1.59. The van der Waals surface area contributed by atoms with Crippen LogP contribution in [0.1, 0.15) is 68.4 Å². The molecule has 2 aromatic rings. The van der Waals surface area contributed by atoms with Gasteiger partial charge in [0.2, 0.25) is 0 Å². The molecular weight excluding hydrogens is 354 g/mol. The highest BCUT2D eigenvalue weighted by Gasteiger charge is 2.48. The van der Waals surface area contributed by atoms with Gasteiger partial charge in [-0.3, -0.25) is 4.98 Å². The molecule has 1 aliphatic carbocycles. The van der Waals surface area contributed by atoms with Crippen LogP contribution < -0.4 is 4.74 Å². The fourth-order valence-corrected chi connectivity index (χ4v) is 6.12. The number of rotatable bonds is 7. The summed E-state index contributed by atoms with van der Waals surface area (Å²) in [5, 5.41) is 2.13. The number of methoxy groups -OCH3 is 1. The summed E-state index contributed by atoms with van der Waals surface area (Å²) < 4.78 is 11.8. The minimum Gasteiger partial charge on any atom is -0.496 e. The van der Waals surface area contributed by atoms with Crippen LogP contribution in [0.25, 0.3) is 0 Å². The van der Waals surface area contributed by atoms with Crippen molar-refractivity contribution in [1.82, 2.24) is 4.98 Å². The van der Waals surface area contributed by atoms with Gasteiger partial charge in [0.25, 0.3) is 0 Å². The SMILES string of the molecule is COc1ccsc1CCCCC1(c2ccccn2)CCOC2(CCCC2)C1. The van der Waals surface area contributed by atoms with E-state index in [1.807, 2.05) is 23.6 Å². The van der Waals surface area contributed by atoms with Gasteiger partial charge in [0.05, 0.1) is 12.7 Å². The Morgan fingerprint density at radius 2 is 2.04 bits per heavy atom. The number of hydrogen-bond donors (Lipinski definition) is 0. The third-order valence-corrected chi connectivity index (χ3v) is 7.57. The van der Waals surface area contributed by atoms with E-state index in [1.54, 1.807) is 7.11 Å². The van der Waals surface area contributed by atoms with Crippen molar-refractivity contribution in [1.29, 1.82) is 0 Å². The van der Waals surface area contributed by atoms with Crippen LogP contribution >= 0.6 is 11.3 Å². The van der Waals surface area contributed by atoms with E-state index in [0.29, 0.717) is 0 Å². The third-order valence-electron chi connectivity index (χ3n) is 6.61. The molecule has 3 nitrogen and oxygen atoms in total. The summed E-state index contributed by atoms with van der Waals surface area (Å²) in [5.74, 6) is 1.05. The van der Waals surface area contributed by atoms with Gasteiger partial charge in [-0.25, -0.2) is 0 Å². The van der Waals surface area contributed by atoms with Crippen molar-refractivity contribution in [2.45, 2.75) is 75.2 Å². The maximum absolute atomic E-state index is 6.36. The molecule has 1 saturated carbocycles. The molecule has 0 radical (unpaired) electrons. The molecule has 146 valence electrons. The van der Waals surface area contributed by atoms with Gasteiger partial charge in [0.15, 0.2) is 0 Å². The van der Waals surface area contributed by atoms with Gasteiger partial charge >= 0.3 is 0 Å². The van der Waals surface area contributed by atoms with E-state index in [2.05, 4.69) is 23.6 Å². The van der Waals surface area contributed by atoms with Crippen LogP contribution in [0.5, 0.6) is 5.75 Å². The van der Waals surface area contributed by atoms with Gasteiger partial charge in [-0.15, -0.1) is 11.3 Å². The van der Waals surface area contributed by atoms with Crippen LogP contribution in [0.3, 0.4) is 0 Å². The van der Waals surface area contributed by atoms with Crippen molar-refractivity contribution in [3.63, 3.8) is 0 Å². The Morgan fingerprint density at radius 3 is 2.81 bits per heavy atom. The molecule has 27 heavy (non-hydrogen) atoms. The second kappa shape index (κ2) is 8.32. The first-order valence-corrected chi connectivity index (χ1v) is 11.3. The molecule has 0 amide bonds. The van der Waals surface area contributed by atoms with Gasteiger partial charge in [-0.05, 0) is 68.5 Å². The van der Waals surface area contributed by atoms with E-state index in [4.69, 9.17) is 14.5 Å². The quantitative estimate of drug-likeness (QED) is 0.554. The summed E-state index contributed by atoms with van der Waals surface area (Å²) in [4.78, 5) is 6.19. The average molecular weight is 386 g/mol. The highest BCUT2D eigenvalue weighted by Crippen LogP contribution is 2.50. The van der Waals surface area contributed by atoms with E-state index in [1.165, 1.54) is 55.5 Å². The van der Waals surface area contributed by atoms with Crippen LogP contribution in [0.15, 0.2) is 35.8 Å². The number of unbranched alkanes of at least 4 members (excludes halogenated alkanes) is 1. The molecule has 1 aliphatic heterocycles. The summed E-state index contributed by atoms with van der Waals surface area (Å²) >= 11 is 1.81. The van der Waals surface area contributed by atoms with Crippen molar-refractivity contribution < 1.29 is 9.47 Å². The van der Waals surface area contributed by atoms with Crippen LogP contribution in [0.2, 0.25) is 0 Å². The van der Waals surface area contributed by atoms with Crippen molar-refractivity contribution in [2.24, 2.45) is 0 Å². The van der Waals surface area contributed by atoms with Crippen LogP contribution in [-0.2, 0) is 16.6 Å². The fourth-order valence-electron chi connectivity index (χ4n) is 5.24. The number of pyridine rings is 1. The first kappa shape index (κ1) is 18.9. The molecule has 1 spiro atoms. The average Bonchev–Trinajstić information content (AvgIpc) is 3.35. The summed E-state index contributed by atoms with van der Waals surface area (Å²) in [6.07, 6.45) is 14.1. The minimum absolute atomic E-state index is 0.118. The molecule has 0 N–H and O–H groups in total. The smallest absolute Gasteiger partial charge is 0.132 e. The molecule has 2 aromatic heterocycles. The molecular formula is C23H31NO2S. The highest BCUT2D eigenvalue weighted by atomic mass is 32.1. The van der Waals surface area contributed by atoms with E-state index >= 15 is 0 Å². The second-order valence-electron chi connectivity index (χ2n) is 8.28. The monoisotopic (exact) mass is 385 g/mol. The Balaban J connectivity index is 1.46. The lowest BCUT2D eigenvalue weighted by molar-refractivity contribution is -0.104. The Labute approximate surface area is 167 Å². The van der Waals surface area contributed by atoms with Crippen molar-refractivity contribution in [3.05, 3.63) is 46.4 Å². The van der Waals surface area contributed by atoms with Crippen molar-refractivity contribution >= 4 is 11.3 Å². The Kier molecular flexibility index (Phi) is 5.84. The molecule has 0 bridgehead atoms. The zero-order valence-electron chi connectivity index (χ0n) is 16.4. The number of thiophene rings is 1. The molecule has 2 aliphatic rings. The van der Waals surface area contributed by atoms with Gasteiger partial charge < -0.3 is 9.47 Å². The lowest BCUT2D eigenvalue weighted by Gasteiger charge is -2.46. The van der Waals surface area contributed by atoms with Gasteiger partial charge in [-0.2, -0.15) is 0 Å². The van der Waals surface area contributed by atoms with Gasteiger partial charge in [-0.1, -0.05) is 25.3 Å². The van der Waals surface area contributed by atoms with Crippen LogP contribution in [-0.4, -0.2) is 24.3 Å². The molecule has 1 atom stereocenters. The summed E-state index contributed by atoms with van der Waals surface area (Å²) in [7, 11) is 1.77. The Bertz CT molecular complexity index is 723. The second-order valence-corrected chi connectivity index (χ2v) is 9.28. The topological polar surface area (TPSA) is 31.4 Å². The Morgan fingerprint density at radius 1 is 1.15 bits per heavy atom. The largest absolute Gasteiger partial charge is 0.496 e. The predicted molar refractivity (Wildman–Crippen MR) is 111 cm³/mol. The zero-order chi connectivity index (χ0) is 18.6. The third kappa shape index (κ3) is 4.07. The van der Waals surface area contributed by atoms with E-state index in [-0.39, 0.29) is 11.0 Å². The molecule has 0 aromatic carbocycles. The lowest BCUT2D eigenvalue weighted by atomic mass is 9.67. The number of aromatic nitrogens is 1. The van der Waals surface area contributed by atoms with E-state index in [9.17, 15) is 0 Å². The first-order valence-electron chi connectivity index (χ1n) is 10.4. The number of hydrogen-bond acceptors (Lipinski definition) is 4. The highest BCUT2D eigenvalue weighted by molar-refractivity contribution is 7.10. The van der Waals surface area contributed by atoms with E-state index in [0.717, 1.165) is 31.6 Å². The molecule has 1 saturated heterocycles. The molecule has 4 rings (SSSR count). The normalized spacial score (nSPS) is 24.3. The number of aryl methyl sites for hydroxylation is 1. The number of ether oxygens (including phenoxy) is 2. The predicted octanol–water partition coefficient (Wildman–Crippen LogP) is 5.93. The van der Waals surface area contributed by atoms with Crippen molar-refractivity contribution in [2.75, 3.05) is 13.7 Å². The van der Waals surface area contributed by atoms with E-state index < -0.39 is 0 Å². The standard InChI is InChI=1S/C23H31NO2S/c1-25-19-10-17-27-20(19)8-2-4-11-22(21-9-3-7-15-24-21)14-16-26-23(18-22)12-5-6-13-23/h3,7,9-10,15,17H,2,4-6,8,11-14,16,18H2,1H3. The maximum atomic E-state index is 6.36. The summed E-state index contributed by atoms with van der Waals surface area (Å²) in [6, 6.07) is 8.51. The zero-order valence-corrected chi connectivity index (χ0v) is 17.2. The summed E-state index contributed by atoms with van der Waals surface area (Å²) in [6.45, 7) is 0.884. The molecule has 1 unspecified atom stereocenters. The first-order chi connectivity index (χ1) is 13.3. The van der Waals surface area contributed by atoms with Crippen LogP contribution in [0.4, 0.5) is 0 Å². The molecule has 4 heteroatoms. The van der Waals surface area contributed by atoms with Crippen molar-refractivity contribution in [3.8, 4) is 5.75 Å². The maximum Gasteiger partial charge on any atom is 0.132 e. The molecule has 3 heterocycles.